The van der Waals surface area contributed by atoms with E-state index in [9.17, 15) is 9.90 Å². The van der Waals surface area contributed by atoms with E-state index < -0.39 is 6.10 Å². The second-order valence-corrected chi connectivity index (χ2v) is 6.85. The van der Waals surface area contributed by atoms with Gasteiger partial charge in [-0.3, -0.25) is 0 Å². The molecule has 0 bridgehead atoms. The standard InChI is InChI=1S/C21H26N2O2/c1-15-8-6-9-16(2)20(15)22-21(25)23-13-7-12-18(23)14-19(24)17-10-4-3-5-11-17/h3-6,8-11,18-19,24H,7,12-14H2,1-2H3,(H,22,25). The first-order valence-electron chi connectivity index (χ1n) is 8.93. The van der Waals surface area contributed by atoms with Crippen LogP contribution in [0.5, 0.6) is 0 Å². The number of nitrogens with one attached hydrogen (secondary N) is 1. The minimum atomic E-state index is -0.542. The lowest BCUT2D eigenvalue weighted by Crippen LogP contribution is -2.39. The Morgan fingerprint density at radius 3 is 2.52 bits per heavy atom. The largest absolute Gasteiger partial charge is 0.388 e. The lowest BCUT2D eigenvalue weighted by Gasteiger charge is -2.27. The summed E-state index contributed by atoms with van der Waals surface area (Å²) in [6, 6.07) is 15.7. The molecule has 0 spiro atoms. The molecule has 1 heterocycles. The molecule has 0 saturated carbocycles. The van der Waals surface area contributed by atoms with Crippen molar-refractivity contribution in [2.45, 2.75) is 45.3 Å². The minimum Gasteiger partial charge on any atom is -0.388 e. The van der Waals surface area contributed by atoms with Gasteiger partial charge in [-0.25, -0.2) is 4.79 Å². The molecule has 1 aliphatic heterocycles. The van der Waals surface area contributed by atoms with Gasteiger partial charge in [0.1, 0.15) is 0 Å². The van der Waals surface area contributed by atoms with Crippen LogP contribution in [0.25, 0.3) is 0 Å². The van der Waals surface area contributed by atoms with Crippen LogP contribution >= 0.6 is 0 Å². The van der Waals surface area contributed by atoms with Crippen LogP contribution < -0.4 is 5.32 Å². The zero-order chi connectivity index (χ0) is 17.8. The Bertz CT molecular complexity index is 710. The number of aryl methyl sites for hydroxylation is 2. The van der Waals surface area contributed by atoms with E-state index in [1.165, 1.54) is 0 Å². The van der Waals surface area contributed by atoms with E-state index in [0.717, 1.165) is 41.8 Å². The molecule has 1 fully saturated rings. The molecular formula is C21H26N2O2. The summed E-state index contributed by atoms with van der Waals surface area (Å²) in [5.74, 6) is 0. The fourth-order valence-corrected chi connectivity index (χ4v) is 3.61. The maximum absolute atomic E-state index is 12.8. The van der Waals surface area contributed by atoms with Crippen molar-refractivity contribution in [1.82, 2.24) is 4.90 Å². The van der Waals surface area contributed by atoms with Crippen molar-refractivity contribution in [2.75, 3.05) is 11.9 Å². The maximum Gasteiger partial charge on any atom is 0.322 e. The number of likely N-dealkylation sites (tertiary alicyclic amines) is 1. The van der Waals surface area contributed by atoms with Crippen molar-refractivity contribution in [2.24, 2.45) is 0 Å². The van der Waals surface area contributed by atoms with E-state index in [4.69, 9.17) is 0 Å². The van der Waals surface area contributed by atoms with Gasteiger partial charge in [-0.15, -0.1) is 0 Å². The molecular weight excluding hydrogens is 312 g/mol. The zero-order valence-corrected chi connectivity index (χ0v) is 14.9. The fraction of sp³-hybridized carbons (Fsp3) is 0.381. The van der Waals surface area contributed by atoms with E-state index in [2.05, 4.69) is 5.32 Å². The highest BCUT2D eigenvalue weighted by Crippen LogP contribution is 2.28. The molecule has 4 heteroatoms. The summed E-state index contributed by atoms with van der Waals surface area (Å²) in [5, 5.41) is 13.6. The highest BCUT2D eigenvalue weighted by Gasteiger charge is 2.31. The van der Waals surface area contributed by atoms with Gasteiger partial charge >= 0.3 is 6.03 Å². The molecule has 2 aromatic rings. The second kappa shape index (κ2) is 7.70. The summed E-state index contributed by atoms with van der Waals surface area (Å²) >= 11 is 0. The number of benzene rings is 2. The van der Waals surface area contributed by atoms with E-state index in [-0.39, 0.29) is 12.1 Å². The topological polar surface area (TPSA) is 52.6 Å². The van der Waals surface area contributed by atoms with Crippen LogP contribution in [0.2, 0.25) is 0 Å². The first-order chi connectivity index (χ1) is 12.1. The molecule has 0 radical (unpaired) electrons. The molecule has 2 amide bonds. The van der Waals surface area contributed by atoms with Crippen LogP contribution in [-0.4, -0.2) is 28.6 Å². The molecule has 2 unspecified atom stereocenters. The van der Waals surface area contributed by atoms with Crippen LogP contribution in [0.4, 0.5) is 10.5 Å². The summed E-state index contributed by atoms with van der Waals surface area (Å²) in [4.78, 5) is 14.7. The monoisotopic (exact) mass is 338 g/mol. The number of nitrogens with zero attached hydrogens (tertiary/aromatic N) is 1. The van der Waals surface area contributed by atoms with Gasteiger partial charge in [0.2, 0.25) is 0 Å². The van der Waals surface area contributed by atoms with Gasteiger partial charge in [-0.05, 0) is 49.8 Å². The van der Waals surface area contributed by atoms with Crippen molar-refractivity contribution >= 4 is 11.7 Å². The van der Waals surface area contributed by atoms with Crippen molar-refractivity contribution in [1.29, 1.82) is 0 Å². The van der Waals surface area contributed by atoms with E-state index in [1.54, 1.807) is 0 Å². The van der Waals surface area contributed by atoms with E-state index in [0.29, 0.717) is 6.42 Å². The molecule has 3 rings (SSSR count). The fourth-order valence-electron chi connectivity index (χ4n) is 3.61. The van der Waals surface area contributed by atoms with Crippen LogP contribution in [0.1, 0.15) is 42.1 Å². The van der Waals surface area contributed by atoms with Crippen LogP contribution in [0.15, 0.2) is 48.5 Å². The number of carbonyl (C=O) groups excluding carboxylic acids is 1. The van der Waals surface area contributed by atoms with Crippen LogP contribution in [0.3, 0.4) is 0 Å². The summed E-state index contributed by atoms with van der Waals surface area (Å²) in [7, 11) is 0. The number of anilines is 1. The molecule has 1 aliphatic rings. The average Bonchev–Trinajstić information content (AvgIpc) is 3.07. The van der Waals surface area contributed by atoms with Gasteiger partial charge in [-0.1, -0.05) is 48.5 Å². The summed E-state index contributed by atoms with van der Waals surface area (Å²) in [6.45, 7) is 4.75. The number of hydrogen-bond acceptors (Lipinski definition) is 2. The van der Waals surface area contributed by atoms with Crippen molar-refractivity contribution < 1.29 is 9.90 Å². The number of amides is 2. The van der Waals surface area contributed by atoms with E-state index in [1.807, 2.05) is 67.3 Å². The Morgan fingerprint density at radius 1 is 1.16 bits per heavy atom. The molecule has 2 N–H and O–H groups in total. The van der Waals surface area contributed by atoms with Gasteiger partial charge in [-0.2, -0.15) is 0 Å². The number of aliphatic hydroxyl groups excluding tert-OH is 1. The van der Waals surface area contributed by atoms with Crippen molar-refractivity contribution in [3.8, 4) is 0 Å². The average molecular weight is 338 g/mol. The normalized spacial score (nSPS) is 18.2. The Morgan fingerprint density at radius 2 is 1.84 bits per heavy atom. The number of carbonyl (C=O) groups is 1. The Labute approximate surface area is 149 Å². The molecule has 0 aliphatic carbocycles. The Kier molecular flexibility index (Phi) is 5.39. The highest BCUT2D eigenvalue weighted by atomic mass is 16.3. The lowest BCUT2D eigenvalue weighted by molar-refractivity contribution is 0.129. The molecule has 0 aromatic heterocycles. The SMILES string of the molecule is Cc1cccc(C)c1NC(=O)N1CCCC1CC(O)c1ccccc1. The Balaban J connectivity index is 1.68. The summed E-state index contributed by atoms with van der Waals surface area (Å²) < 4.78 is 0. The minimum absolute atomic E-state index is 0.0690. The molecule has 1 saturated heterocycles. The Hall–Kier alpha value is -2.33. The third-order valence-corrected chi connectivity index (χ3v) is 5.03. The third kappa shape index (κ3) is 4.02. The summed E-state index contributed by atoms with van der Waals surface area (Å²) in [5.41, 5.74) is 3.92. The third-order valence-electron chi connectivity index (χ3n) is 5.03. The van der Waals surface area contributed by atoms with Crippen LogP contribution in [-0.2, 0) is 0 Å². The smallest absolute Gasteiger partial charge is 0.322 e. The molecule has 2 atom stereocenters. The maximum atomic E-state index is 12.8. The lowest BCUT2D eigenvalue weighted by atomic mass is 10.0. The number of urea groups is 1. The van der Waals surface area contributed by atoms with E-state index >= 15 is 0 Å². The van der Waals surface area contributed by atoms with Gasteiger partial charge < -0.3 is 15.3 Å². The number of aliphatic hydroxyl groups is 1. The zero-order valence-electron chi connectivity index (χ0n) is 14.9. The molecule has 2 aromatic carbocycles. The summed E-state index contributed by atoms with van der Waals surface area (Å²) in [6.07, 6.45) is 1.94. The predicted octanol–water partition coefficient (Wildman–Crippen LogP) is 4.42. The van der Waals surface area contributed by atoms with Gasteiger partial charge in [0, 0.05) is 18.3 Å². The number of hydrogen-bond donors (Lipinski definition) is 2. The van der Waals surface area contributed by atoms with Gasteiger partial charge in [0.15, 0.2) is 0 Å². The second-order valence-electron chi connectivity index (χ2n) is 6.85. The number of para-hydroxylation sites is 1. The molecule has 4 nitrogen and oxygen atoms in total. The van der Waals surface area contributed by atoms with Crippen LogP contribution in [0, 0.1) is 13.8 Å². The molecule has 132 valence electrons. The van der Waals surface area contributed by atoms with Gasteiger partial charge in [0.25, 0.3) is 0 Å². The highest BCUT2D eigenvalue weighted by molar-refractivity contribution is 5.91. The number of rotatable bonds is 4. The van der Waals surface area contributed by atoms with Crippen molar-refractivity contribution in [3.05, 3.63) is 65.2 Å². The predicted molar refractivity (Wildman–Crippen MR) is 101 cm³/mol. The quantitative estimate of drug-likeness (QED) is 0.867. The first kappa shape index (κ1) is 17.5. The molecule has 25 heavy (non-hydrogen) atoms. The van der Waals surface area contributed by atoms with Crippen molar-refractivity contribution in [3.63, 3.8) is 0 Å². The van der Waals surface area contributed by atoms with Gasteiger partial charge in [0.05, 0.1) is 6.10 Å². The first-order valence-corrected chi connectivity index (χ1v) is 8.93.